The zero-order chi connectivity index (χ0) is 11.2. The van der Waals surface area contributed by atoms with Crippen LogP contribution in [0, 0.1) is 0 Å². The molecule has 86 valence electrons. The van der Waals surface area contributed by atoms with Gasteiger partial charge in [0.05, 0.1) is 0 Å². The first kappa shape index (κ1) is 10.1. The van der Waals surface area contributed by atoms with Gasteiger partial charge in [0, 0.05) is 29.6 Å². The third-order valence-electron chi connectivity index (χ3n) is 3.64. The molecule has 0 aromatic carbocycles. The van der Waals surface area contributed by atoms with Crippen molar-refractivity contribution in [2.45, 2.75) is 50.9 Å². The molecule has 0 bridgehead atoms. The lowest BCUT2D eigenvalue weighted by molar-refractivity contribution is 0.698. The van der Waals surface area contributed by atoms with Crippen molar-refractivity contribution in [3.05, 3.63) is 17.6 Å². The highest BCUT2D eigenvalue weighted by molar-refractivity contribution is 5.39. The van der Waals surface area contributed by atoms with Gasteiger partial charge in [-0.2, -0.15) is 0 Å². The maximum absolute atomic E-state index is 4.76. The van der Waals surface area contributed by atoms with Crippen LogP contribution in [-0.4, -0.2) is 16.5 Å². The molecule has 0 atom stereocenters. The molecule has 0 aliphatic heterocycles. The van der Waals surface area contributed by atoms with E-state index in [0.717, 1.165) is 18.2 Å². The minimum absolute atomic E-state index is 0.273. The van der Waals surface area contributed by atoms with Gasteiger partial charge < -0.3 is 5.32 Å². The van der Waals surface area contributed by atoms with Crippen molar-refractivity contribution in [1.82, 2.24) is 9.97 Å². The van der Waals surface area contributed by atoms with Crippen LogP contribution in [0.4, 0.5) is 5.82 Å². The summed E-state index contributed by atoms with van der Waals surface area (Å²) in [5, 5.41) is 3.32. The molecule has 1 aromatic heterocycles. The smallest absolute Gasteiger partial charge is 0.136 e. The molecule has 1 aromatic rings. The third kappa shape index (κ3) is 1.79. The van der Waals surface area contributed by atoms with Crippen LogP contribution in [0.1, 0.15) is 57.0 Å². The fourth-order valence-corrected chi connectivity index (χ4v) is 2.01. The summed E-state index contributed by atoms with van der Waals surface area (Å²) in [6.07, 6.45) is 5.09. The lowest BCUT2D eigenvalue weighted by Crippen LogP contribution is -2.11. The van der Waals surface area contributed by atoms with Gasteiger partial charge in [0.2, 0.25) is 0 Å². The second-order valence-electron chi connectivity index (χ2n) is 5.37. The zero-order valence-electron chi connectivity index (χ0n) is 10.1. The summed E-state index contributed by atoms with van der Waals surface area (Å²) in [7, 11) is 0. The van der Waals surface area contributed by atoms with E-state index in [1.54, 1.807) is 0 Å². The van der Waals surface area contributed by atoms with E-state index in [1.165, 1.54) is 31.4 Å². The van der Waals surface area contributed by atoms with Crippen LogP contribution in [0.25, 0.3) is 0 Å². The first-order chi connectivity index (χ1) is 7.71. The van der Waals surface area contributed by atoms with E-state index in [2.05, 4.69) is 30.2 Å². The molecule has 0 saturated heterocycles. The average molecular weight is 217 g/mol. The molecule has 1 heterocycles. The van der Waals surface area contributed by atoms with Crippen LogP contribution >= 0.6 is 0 Å². The monoisotopic (exact) mass is 217 g/mol. The number of hydrogen-bond donors (Lipinski definition) is 1. The molecular weight excluding hydrogens is 198 g/mol. The van der Waals surface area contributed by atoms with E-state index < -0.39 is 0 Å². The fraction of sp³-hybridized carbons (Fsp3) is 0.692. The van der Waals surface area contributed by atoms with Crippen molar-refractivity contribution in [1.29, 1.82) is 0 Å². The SMILES string of the molecule is CCNc1cc(C2CC2)nc(C2(C)CC2)n1. The van der Waals surface area contributed by atoms with Crippen molar-refractivity contribution < 1.29 is 0 Å². The predicted octanol–water partition coefficient (Wildman–Crippen LogP) is 2.84. The predicted molar refractivity (Wildman–Crippen MR) is 64.8 cm³/mol. The van der Waals surface area contributed by atoms with Gasteiger partial charge in [-0.05, 0) is 32.6 Å². The van der Waals surface area contributed by atoms with E-state index in [4.69, 9.17) is 4.98 Å². The summed E-state index contributed by atoms with van der Waals surface area (Å²) >= 11 is 0. The van der Waals surface area contributed by atoms with Crippen molar-refractivity contribution in [2.24, 2.45) is 0 Å². The molecule has 16 heavy (non-hydrogen) atoms. The van der Waals surface area contributed by atoms with Crippen LogP contribution < -0.4 is 5.32 Å². The minimum atomic E-state index is 0.273. The molecule has 2 saturated carbocycles. The molecule has 0 spiro atoms. The Labute approximate surface area is 96.7 Å². The Morgan fingerprint density at radius 2 is 2.12 bits per heavy atom. The van der Waals surface area contributed by atoms with Gasteiger partial charge in [-0.3, -0.25) is 0 Å². The molecule has 3 nitrogen and oxygen atoms in total. The number of aromatic nitrogens is 2. The number of rotatable bonds is 4. The van der Waals surface area contributed by atoms with Gasteiger partial charge in [-0.1, -0.05) is 6.92 Å². The summed E-state index contributed by atoms with van der Waals surface area (Å²) in [6.45, 7) is 5.31. The van der Waals surface area contributed by atoms with Gasteiger partial charge in [0.25, 0.3) is 0 Å². The van der Waals surface area contributed by atoms with Gasteiger partial charge in [0.15, 0.2) is 0 Å². The van der Waals surface area contributed by atoms with Crippen molar-refractivity contribution in [3.8, 4) is 0 Å². The van der Waals surface area contributed by atoms with Crippen LogP contribution in [-0.2, 0) is 5.41 Å². The van der Waals surface area contributed by atoms with Crippen LogP contribution in [0.3, 0.4) is 0 Å². The molecule has 0 unspecified atom stereocenters. The summed E-state index contributed by atoms with van der Waals surface area (Å²) in [5.74, 6) is 2.79. The number of hydrogen-bond acceptors (Lipinski definition) is 3. The maximum Gasteiger partial charge on any atom is 0.136 e. The van der Waals surface area contributed by atoms with E-state index in [-0.39, 0.29) is 5.41 Å². The lowest BCUT2D eigenvalue weighted by Gasteiger charge is -2.12. The van der Waals surface area contributed by atoms with Crippen molar-refractivity contribution in [2.75, 3.05) is 11.9 Å². The lowest BCUT2D eigenvalue weighted by atomic mass is 10.1. The average Bonchev–Trinajstić information content (AvgIpc) is 3.12. The standard InChI is InChI=1S/C13H19N3/c1-3-14-11-8-10(9-4-5-9)15-12(16-11)13(2)6-7-13/h8-9H,3-7H2,1-2H3,(H,14,15,16). The van der Waals surface area contributed by atoms with Crippen LogP contribution in [0.2, 0.25) is 0 Å². The molecular formula is C13H19N3. The summed E-state index contributed by atoms with van der Waals surface area (Å²) < 4.78 is 0. The molecule has 2 aliphatic rings. The molecule has 3 heteroatoms. The Balaban J connectivity index is 1.96. The van der Waals surface area contributed by atoms with E-state index in [1.807, 2.05) is 0 Å². The van der Waals surface area contributed by atoms with E-state index in [0.29, 0.717) is 5.92 Å². The number of anilines is 1. The van der Waals surface area contributed by atoms with Crippen LogP contribution in [0.15, 0.2) is 6.07 Å². The Bertz CT molecular complexity index is 406. The molecule has 2 fully saturated rings. The molecule has 1 N–H and O–H groups in total. The van der Waals surface area contributed by atoms with Gasteiger partial charge in [-0.25, -0.2) is 9.97 Å². The Morgan fingerprint density at radius 1 is 1.38 bits per heavy atom. The topological polar surface area (TPSA) is 37.8 Å². The molecule has 0 radical (unpaired) electrons. The van der Waals surface area contributed by atoms with Crippen LogP contribution in [0.5, 0.6) is 0 Å². The normalized spacial score (nSPS) is 21.9. The summed E-state index contributed by atoms with van der Waals surface area (Å²) in [5.41, 5.74) is 1.53. The zero-order valence-corrected chi connectivity index (χ0v) is 10.1. The van der Waals surface area contributed by atoms with Gasteiger partial charge >= 0.3 is 0 Å². The second-order valence-corrected chi connectivity index (χ2v) is 5.37. The minimum Gasteiger partial charge on any atom is -0.370 e. The Hall–Kier alpha value is -1.12. The Morgan fingerprint density at radius 3 is 2.69 bits per heavy atom. The van der Waals surface area contributed by atoms with Gasteiger partial charge in [-0.15, -0.1) is 0 Å². The van der Waals surface area contributed by atoms with Crippen molar-refractivity contribution >= 4 is 5.82 Å². The second kappa shape index (κ2) is 3.44. The van der Waals surface area contributed by atoms with E-state index in [9.17, 15) is 0 Å². The largest absolute Gasteiger partial charge is 0.370 e. The number of nitrogens with one attached hydrogen (secondary N) is 1. The van der Waals surface area contributed by atoms with E-state index >= 15 is 0 Å². The highest BCUT2D eigenvalue weighted by Gasteiger charge is 2.43. The van der Waals surface area contributed by atoms with Crippen molar-refractivity contribution in [3.63, 3.8) is 0 Å². The molecule has 0 amide bonds. The summed E-state index contributed by atoms with van der Waals surface area (Å²) in [6, 6.07) is 2.14. The molecule has 3 rings (SSSR count). The first-order valence-electron chi connectivity index (χ1n) is 6.34. The quantitative estimate of drug-likeness (QED) is 0.842. The summed E-state index contributed by atoms with van der Waals surface area (Å²) in [4.78, 5) is 9.41. The highest BCUT2D eigenvalue weighted by atomic mass is 15.0. The Kier molecular flexibility index (Phi) is 2.16. The molecule has 2 aliphatic carbocycles. The third-order valence-corrected chi connectivity index (χ3v) is 3.64. The number of nitrogens with zero attached hydrogens (tertiary/aromatic N) is 2. The first-order valence-corrected chi connectivity index (χ1v) is 6.34. The van der Waals surface area contributed by atoms with Gasteiger partial charge in [0.1, 0.15) is 11.6 Å². The highest BCUT2D eigenvalue weighted by Crippen LogP contribution is 2.47. The maximum atomic E-state index is 4.76. The fourth-order valence-electron chi connectivity index (χ4n) is 2.01.